The predicted molar refractivity (Wildman–Crippen MR) is 94.0 cm³/mol. The van der Waals surface area contributed by atoms with Crippen molar-refractivity contribution < 1.29 is 14.3 Å². The number of carbonyl (C=O) groups is 2. The number of aromatic nitrogens is 3. The van der Waals surface area contributed by atoms with Gasteiger partial charge in [0.1, 0.15) is 5.69 Å². The number of rotatable bonds is 3. The zero-order chi connectivity index (χ0) is 18.5. The van der Waals surface area contributed by atoms with Crippen LogP contribution < -0.4 is 4.74 Å². The zero-order valence-corrected chi connectivity index (χ0v) is 14.9. The Bertz CT molecular complexity index is 794. The lowest BCUT2D eigenvalue weighted by Gasteiger charge is -2.22. The van der Waals surface area contributed by atoms with E-state index in [-0.39, 0.29) is 11.8 Å². The minimum Gasteiger partial charge on any atom is -0.481 e. The third-order valence-corrected chi connectivity index (χ3v) is 4.26. The molecule has 3 heterocycles. The molecule has 0 radical (unpaired) electrons. The van der Waals surface area contributed by atoms with Crippen molar-refractivity contribution in [2.75, 3.05) is 33.3 Å². The number of pyridine rings is 1. The smallest absolute Gasteiger partial charge is 0.274 e. The molecule has 1 fully saturated rings. The summed E-state index contributed by atoms with van der Waals surface area (Å²) in [5.74, 6) is 0.160. The summed E-state index contributed by atoms with van der Waals surface area (Å²) in [4.78, 5) is 41.1. The van der Waals surface area contributed by atoms with Crippen LogP contribution in [0, 0.1) is 6.92 Å². The Hall–Kier alpha value is -3.03. The van der Waals surface area contributed by atoms with Gasteiger partial charge in [-0.05, 0) is 19.4 Å². The third-order valence-electron chi connectivity index (χ3n) is 4.26. The lowest BCUT2D eigenvalue weighted by molar-refractivity contribution is 0.0715. The molecule has 136 valence electrons. The fourth-order valence-electron chi connectivity index (χ4n) is 2.83. The molecule has 0 unspecified atom stereocenters. The quantitative estimate of drug-likeness (QED) is 0.821. The average Bonchev–Trinajstić information content (AvgIpc) is 2.93. The molecule has 0 bridgehead atoms. The molecular weight excluding hydrogens is 334 g/mol. The van der Waals surface area contributed by atoms with Gasteiger partial charge >= 0.3 is 0 Å². The largest absolute Gasteiger partial charge is 0.481 e. The highest BCUT2D eigenvalue weighted by atomic mass is 16.5. The maximum atomic E-state index is 12.7. The number of methoxy groups -OCH3 is 1. The van der Waals surface area contributed by atoms with E-state index in [1.54, 1.807) is 34.3 Å². The third kappa shape index (κ3) is 3.96. The van der Waals surface area contributed by atoms with Gasteiger partial charge in [-0.2, -0.15) is 0 Å². The molecule has 0 aromatic carbocycles. The molecule has 2 aromatic heterocycles. The summed E-state index contributed by atoms with van der Waals surface area (Å²) in [5.41, 5.74) is 1.62. The minimum atomic E-state index is -0.155. The fourth-order valence-corrected chi connectivity index (χ4v) is 2.83. The van der Waals surface area contributed by atoms with Crippen LogP contribution in [0.3, 0.4) is 0 Å². The molecular formula is C18H21N5O3. The van der Waals surface area contributed by atoms with Gasteiger partial charge in [0.05, 0.1) is 19.0 Å². The maximum Gasteiger partial charge on any atom is 0.274 e. The van der Waals surface area contributed by atoms with Gasteiger partial charge in [0.15, 0.2) is 0 Å². The molecule has 8 nitrogen and oxygen atoms in total. The summed E-state index contributed by atoms with van der Waals surface area (Å²) in [5, 5.41) is 0. The van der Waals surface area contributed by atoms with Gasteiger partial charge in [0, 0.05) is 50.2 Å². The first-order valence-corrected chi connectivity index (χ1v) is 8.45. The van der Waals surface area contributed by atoms with Crippen LogP contribution in [0.1, 0.15) is 33.0 Å². The topological polar surface area (TPSA) is 88.5 Å². The molecule has 1 aliphatic rings. The van der Waals surface area contributed by atoms with Crippen LogP contribution >= 0.6 is 0 Å². The molecule has 2 amide bonds. The Balaban J connectivity index is 1.66. The first-order valence-electron chi connectivity index (χ1n) is 8.45. The van der Waals surface area contributed by atoms with Crippen LogP contribution in [0.5, 0.6) is 5.88 Å². The molecule has 0 saturated carbocycles. The maximum absolute atomic E-state index is 12.7. The highest BCUT2D eigenvalue weighted by molar-refractivity contribution is 5.95. The van der Waals surface area contributed by atoms with Crippen LogP contribution in [-0.4, -0.2) is 69.9 Å². The fraction of sp³-hybridized carbons (Fsp3) is 0.389. The molecule has 0 spiro atoms. The molecule has 0 aliphatic carbocycles. The van der Waals surface area contributed by atoms with E-state index in [9.17, 15) is 9.59 Å². The van der Waals surface area contributed by atoms with Gasteiger partial charge in [-0.3, -0.25) is 14.6 Å². The number of nitrogens with zero attached hydrogens (tertiary/aromatic N) is 5. The van der Waals surface area contributed by atoms with E-state index in [1.807, 2.05) is 6.92 Å². The van der Waals surface area contributed by atoms with Crippen LogP contribution in [0.4, 0.5) is 0 Å². The van der Waals surface area contributed by atoms with Crippen molar-refractivity contribution in [3.8, 4) is 5.88 Å². The Kier molecular flexibility index (Phi) is 5.40. The second-order valence-electron chi connectivity index (χ2n) is 6.07. The Morgan fingerprint density at radius 1 is 1.00 bits per heavy atom. The standard InChI is InChI=1S/C18H21N5O3/c1-13-11-21-15(12-20-13)18(25)23-7-3-6-22(8-9-23)17(24)14-4-5-19-16(10-14)26-2/h4-5,10-12H,3,6-9H2,1-2H3. The van der Waals surface area contributed by atoms with Gasteiger partial charge in [0.2, 0.25) is 5.88 Å². The summed E-state index contributed by atoms with van der Waals surface area (Å²) < 4.78 is 5.08. The molecule has 1 aliphatic heterocycles. The van der Waals surface area contributed by atoms with Crippen LogP contribution in [0.15, 0.2) is 30.7 Å². The van der Waals surface area contributed by atoms with Crippen molar-refractivity contribution in [2.45, 2.75) is 13.3 Å². The van der Waals surface area contributed by atoms with Crippen molar-refractivity contribution in [2.24, 2.45) is 0 Å². The monoisotopic (exact) mass is 355 g/mol. The van der Waals surface area contributed by atoms with Crippen molar-refractivity contribution in [3.63, 3.8) is 0 Å². The molecule has 0 atom stereocenters. The van der Waals surface area contributed by atoms with E-state index in [4.69, 9.17) is 4.74 Å². The van der Waals surface area contributed by atoms with Gasteiger partial charge in [0.25, 0.3) is 11.8 Å². The Morgan fingerprint density at radius 2 is 1.73 bits per heavy atom. The summed E-state index contributed by atoms with van der Waals surface area (Å²) in [7, 11) is 1.51. The van der Waals surface area contributed by atoms with Crippen LogP contribution in [0.2, 0.25) is 0 Å². The van der Waals surface area contributed by atoms with Crippen LogP contribution in [-0.2, 0) is 0 Å². The van der Waals surface area contributed by atoms with Gasteiger partial charge in [-0.25, -0.2) is 9.97 Å². The molecule has 2 aromatic rings. The number of carbonyl (C=O) groups excluding carboxylic acids is 2. The van der Waals surface area contributed by atoms with E-state index >= 15 is 0 Å². The highest BCUT2D eigenvalue weighted by Crippen LogP contribution is 2.14. The SMILES string of the molecule is COc1cc(C(=O)N2CCCN(C(=O)c3cnc(C)cn3)CC2)ccn1. The van der Waals surface area contributed by atoms with E-state index in [0.29, 0.717) is 49.7 Å². The molecule has 8 heteroatoms. The van der Waals surface area contributed by atoms with E-state index < -0.39 is 0 Å². The summed E-state index contributed by atoms with van der Waals surface area (Å²) >= 11 is 0. The Morgan fingerprint density at radius 3 is 2.38 bits per heavy atom. The van der Waals surface area contributed by atoms with Crippen molar-refractivity contribution in [1.82, 2.24) is 24.8 Å². The highest BCUT2D eigenvalue weighted by Gasteiger charge is 2.24. The number of hydrogen-bond acceptors (Lipinski definition) is 6. The van der Waals surface area contributed by atoms with Crippen molar-refractivity contribution in [1.29, 1.82) is 0 Å². The van der Waals surface area contributed by atoms with Crippen LogP contribution in [0.25, 0.3) is 0 Å². The minimum absolute atomic E-state index is 0.0878. The lowest BCUT2D eigenvalue weighted by Crippen LogP contribution is -2.37. The van der Waals surface area contributed by atoms with Gasteiger partial charge < -0.3 is 14.5 Å². The summed E-state index contributed by atoms with van der Waals surface area (Å²) in [6.45, 7) is 3.92. The van der Waals surface area contributed by atoms with Crippen molar-refractivity contribution in [3.05, 3.63) is 47.7 Å². The molecule has 0 N–H and O–H groups in total. The number of aryl methyl sites for hydroxylation is 1. The summed E-state index contributed by atoms with van der Waals surface area (Å²) in [6, 6.07) is 3.29. The van der Waals surface area contributed by atoms with E-state index in [1.165, 1.54) is 13.3 Å². The number of amides is 2. The molecule has 26 heavy (non-hydrogen) atoms. The molecule has 3 rings (SSSR count). The Labute approximate surface area is 151 Å². The average molecular weight is 355 g/mol. The van der Waals surface area contributed by atoms with E-state index in [2.05, 4.69) is 15.0 Å². The number of hydrogen-bond donors (Lipinski definition) is 0. The summed E-state index contributed by atoms with van der Waals surface area (Å²) in [6.07, 6.45) is 5.33. The lowest BCUT2D eigenvalue weighted by atomic mass is 10.2. The van der Waals surface area contributed by atoms with E-state index in [0.717, 1.165) is 5.69 Å². The predicted octanol–water partition coefficient (Wildman–Crippen LogP) is 1.18. The van der Waals surface area contributed by atoms with Gasteiger partial charge in [-0.15, -0.1) is 0 Å². The first-order chi connectivity index (χ1) is 12.6. The molecule has 1 saturated heterocycles. The second-order valence-corrected chi connectivity index (χ2v) is 6.07. The number of ether oxygens (including phenoxy) is 1. The first kappa shape index (κ1) is 17.8. The zero-order valence-electron chi connectivity index (χ0n) is 14.9. The second kappa shape index (κ2) is 7.90. The van der Waals surface area contributed by atoms with Gasteiger partial charge in [-0.1, -0.05) is 0 Å². The van der Waals surface area contributed by atoms with Crippen molar-refractivity contribution >= 4 is 11.8 Å². The normalized spacial score (nSPS) is 14.7.